The number of fused-ring (bicyclic) bond motifs is 1. The maximum atomic E-state index is 12.7. The molecule has 6 heteroatoms. The van der Waals surface area contributed by atoms with Crippen LogP contribution in [0.2, 0.25) is 5.02 Å². The number of rotatable bonds is 3. The number of H-pyrrole nitrogens is 1. The van der Waals surface area contributed by atoms with E-state index in [2.05, 4.69) is 17.2 Å². The van der Waals surface area contributed by atoms with Crippen LogP contribution in [0.3, 0.4) is 0 Å². The summed E-state index contributed by atoms with van der Waals surface area (Å²) in [6.45, 7) is 6.04. The lowest BCUT2D eigenvalue weighted by Gasteiger charge is -2.08. The SMILES string of the molecule is COc1ccc(NC(=O)c2c(C)sc3c(C)c(C)[nH]c23)cc1Cl. The van der Waals surface area contributed by atoms with Crippen LogP contribution in [0, 0.1) is 20.8 Å². The van der Waals surface area contributed by atoms with Crippen molar-refractivity contribution in [1.82, 2.24) is 4.98 Å². The van der Waals surface area contributed by atoms with Gasteiger partial charge in [0.05, 0.1) is 27.9 Å². The number of amides is 1. The van der Waals surface area contributed by atoms with Gasteiger partial charge in [-0.3, -0.25) is 4.79 Å². The number of halogens is 1. The number of carbonyl (C=O) groups is 1. The molecule has 120 valence electrons. The minimum atomic E-state index is -0.142. The first-order chi connectivity index (χ1) is 10.9. The summed E-state index contributed by atoms with van der Waals surface area (Å²) in [5.41, 5.74) is 4.51. The number of benzene rings is 1. The summed E-state index contributed by atoms with van der Waals surface area (Å²) < 4.78 is 6.26. The molecule has 3 rings (SSSR count). The van der Waals surface area contributed by atoms with E-state index in [1.165, 1.54) is 5.56 Å². The average molecular weight is 349 g/mol. The van der Waals surface area contributed by atoms with E-state index in [1.807, 2.05) is 13.8 Å². The lowest BCUT2D eigenvalue weighted by molar-refractivity contribution is 0.102. The highest BCUT2D eigenvalue weighted by molar-refractivity contribution is 7.19. The first kappa shape index (κ1) is 15.9. The molecule has 0 unspecified atom stereocenters. The molecule has 1 amide bonds. The molecule has 2 aromatic heterocycles. The number of aromatic nitrogens is 1. The summed E-state index contributed by atoms with van der Waals surface area (Å²) in [6, 6.07) is 5.19. The Bertz CT molecular complexity index is 911. The summed E-state index contributed by atoms with van der Waals surface area (Å²) >= 11 is 7.74. The van der Waals surface area contributed by atoms with Crippen molar-refractivity contribution < 1.29 is 9.53 Å². The third-order valence-corrected chi connectivity index (χ3v) is 5.46. The Balaban J connectivity index is 1.96. The van der Waals surface area contributed by atoms with Gasteiger partial charge in [-0.05, 0) is 44.5 Å². The van der Waals surface area contributed by atoms with Crippen molar-refractivity contribution in [3.05, 3.63) is 44.9 Å². The van der Waals surface area contributed by atoms with Gasteiger partial charge in [-0.25, -0.2) is 0 Å². The van der Waals surface area contributed by atoms with Crippen LogP contribution in [-0.2, 0) is 0 Å². The Morgan fingerprint density at radius 3 is 2.70 bits per heavy atom. The average Bonchev–Trinajstić information content (AvgIpc) is 2.95. The van der Waals surface area contributed by atoms with Crippen molar-refractivity contribution in [2.45, 2.75) is 20.8 Å². The zero-order valence-electron chi connectivity index (χ0n) is 13.3. The number of hydrogen-bond donors (Lipinski definition) is 2. The van der Waals surface area contributed by atoms with Crippen LogP contribution in [0.5, 0.6) is 5.75 Å². The van der Waals surface area contributed by atoms with E-state index in [1.54, 1.807) is 36.6 Å². The number of aryl methyl sites for hydroxylation is 3. The van der Waals surface area contributed by atoms with Crippen LogP contribution >= 0.6 is 22.9 Å². The van der Waals surface area contributed by atoms with Crippen molar-refractivity contribution in [3.63, 3.8) is 0 Å². The number of anilines is 1. The Labute approximate surface area is 143 Å². The molecule has 0 atom stereocenters. The van der Waals surface area contributed by atoms with Crippen LogP contribution in [0.15, 0.2) is 18.2 Å². The van der Waals surface area contributed by atoms with Gasteiger partial charge in [0, 0.05) is 16.3 Å². The zero-order valence-corrected chi connectivity index (χ0v) is 14.9. The van der Waals surface area contributed by atoms with E-state index in [0.29, 0.717) is 22.0 Å². The van der Waals surface area contributed by atoms with E-state index in [0.717, 1.165) is 20.8 Å². The first-order valence-electron chi connectivity index (χ1n) is 7.15. The summed E-state index contributed by atoms with van der Waals surface area (Å²) in [5.74, 6) is 0.436. The van der Waals surface area contributed by atoms with Crippen molar-refractivity contribution in [1.29, 1.82) is 0 Å². The number of methoxy groups -OCH3 is 1. The standard InChI is InChI=1S/C17H17ClN2O2S/c1-8-9(2)19-15-14(10(3)23-16(8)15)17(21)20-11-5-6-13(22-4)12(18)7-11/h5-7,19H,1-4H3,(H,20,21). The molecule has 4 nitrogen and oxygen atoms in total. The van der Waals surface area contributed by atoms with Crippen molar-refractivity contribution >= 4 is 44.7 Å². The molecule has 1 aromatic carbocycles. The first-order valence-corrected chi connectivity index (χ1v) is 8.35. The predicted octanol–water partition coefficient (Wildman–Crippen LogP) is 5.07. The van der Waals surface area contributed by atoms with Gasteiger partial charge < -0.3 is 15.0 Å². The largest absolute Gasteiger partial charge is 0.495 e. The number of carbonyl (C=O) groups excluding carboxylic acids is 1. The summed E-state index contributed by atoms with van der Waals surface area (Å²) in [5, 5.41) is 3.37. The van der Waals surface area contributed by atoms with Crippen LogP contribution in [0.25, 0.3) is 10.2 Å². The van der Waals surface area contributed by atoms with Gasteiger partial charge in [0.1, 0.15) is 5.75 Å². The van der Waals surface area contributed by atoms with Crippen LogP contribution < -0.4 is 10.1 Å². The summed E-state index contributed by atoms with van der Waals surface area (Å²) in [7, 11) is 1.56. The Morgan fingerprint density at radius 1 is 1.30 bits per heavy atom. The fraction of sp³-hybridized carbons (Fsp3) is 0.235. The minimum Gasteiger partial charge on any atom is -0.495 e. The molecule has 0 saturated carbocycles. The van der Waals surface area contributed by atoms with Crippen molar-refractivity contribution in [3.8, 4) is 5.75 Å². The Hall–Kier alpha value is -1.98. The molecule has 2 N–H and O–H groups in total. The van der Waals surface area contributed by atoms with Gasteiger partial charge in [0.2, 0.25) is 0 Å². The van der Waals surface area contributed by atoms with Crippen LogP contribution in [0.4, 0.5) is 5.69 Å². The number of ether oxygens (including phenoxy) is 1. The van der Waals surface area contributed by atoms with E-state index in [-0.39, 0.29) is 5.91 Å². The molecule has 2 heterocycles. The maximum Gasteiger partial charge on any atom is 0.258 e. The number of nitrogens with one attached hydrogen (secondary N) is 2. The highest BCUT2D eigenvalue weighted by atomic mass is 35.5. The second-order valence-corrected chi connectivity index (χ2v) is 7.05. The predicted molar refractivity (Wildman–Crippen MR) is 96.3 cm³/mol. The second kappa shape index (κ2) is 5.91. The third kappa shape index (κ3) is 2.71. The van der Waals surface area contributed by atoms with Gasteiger partial charge in [-0.2, -0.15) is 0 Å². The molecule has 0 aliphatic carbocycles. The number of aromatic amines is 1. The lowest BCUT2D eigenvalue weighted by atomic mass is 10.2. The monoisotopic (exact) mass is 348 g/mol. The fourth-order valence-electron chi connectivity index (χ4n) is 2.59. The molecule has 0 aliphatic heterocycles. The number of thiophene rings is 1. The smallest absolute Gasteiger partial charge is 0.258 e. The van der Waals surface area contributed by atoms with Crippen molar-refractivity contribution in [2.75, 3.05) is 12.4 Å². The van der Waals surface area contributed by atoms with Crippen molar-refractivity contribution in [2.24, 2.45) is 0 Å². The van der Waals surface area contributed by atoms with E-state index in [4.69, 9.17) is 16.3 Å². The Kier molecular flexibility index (Phi) is 4.08. The fourth-order valence-corrected chi connectivity index (χ4v) is 4.01. The summed E-state index contributed by atoms with van der Waals surface area (Å²) in [4.78, 5) is 17.0. The van der Waals surface area contributed by atoms with E-state index >= 15 is 0 Å². The molecule has 0 radical (unpaired) electrons. The van der Waals surface area contributed by atoms with Gasteiger partial charge in [-0.15, -0.1) is 11.3 Å². The zero-order chi connectivity index (χ0) is 16.7. The highest BCUT2D eigenvalue weighted by Crippen LogP contribution is 2.35. The topological polar surface area (TPSA) is 54.1 Å². The normalized spacial score (nSPS) is 11.0. The second-order valence-electron chi connectivity index (χ2n) is 5.42. The van der Waals surface area contributed by atoms with Gasteiger partial charge in [-0.1, -0.05) is 11.6 Å². The molecular weight excluding hydrogens is 332 g/mol. The molecule has 0 spiro atoms. The third-order valence-electron chi connectivity index (χ3n) is 3.94. The van der Waals surface area contributed by atoms with Gasteiger partial charge >= 0.3 is 0 Å². The lowest BCUT2D eigenvalue weighted by Crippen LogP contribution is -2.12. The van der Waals surface area contributed by atoms with Crippen LogP contribution in [0.1, 0.15) is 26.5 Å². The maximum absolute atomic E-state index is 12.7. The minimum absolute atomic E-state index is 0.142. The molecule has 0 aliphatic rings. The highest BCUT2D eigenvalue weighted by Gasteiger charge is 2.20. The molecule has 0 fully saturated rings. The molecule has 3 aromatic rings. The Morgan fingerprint density at radius 2 is 2.04 bits per heavy atom. The van der Waals surface area contributed by atoms with Gasteiger partial charge in [0.15, 0.2) is 0 Å². The number of hydrogen-bond acceptors (Lipinski definition) is 3. The van der Waals surface area contributed by atoms with E-state index in [9.17, 15) is 4.79 Å². The molecule has 23 heavy (non-hydrogen) atoms. The molecule has 0 bridgehead atoms. The van der Waals surface area contributed by atoms with Gasteiger partial charge in [0.25, 0.3) is 5.91 Å². The molecule has 0 saturated heterocycles. The quantitative estimate of drug-likeness (QED) is 0.694. The molecular formula is C17H17ClN2O2S. The summed E-state index contributed by atoms with van der Waals surface area (Å²) in [6.07, 6.45) is 0. The van der Waals surface area contributed by atoms with E-state index < -0.39 is 0 Å². The van der Waals surface area contributed by atoms with Crippen LogP contribution in [-0.4, -0.2) is 18.0 Å².